The molecule has 1 saturated carbocycles. The first-order chi connectivity index (χ1) is 9.46. The van der Waals surface area contributed by atoms with Crippen LogP contribution >= 0.6 is 0 Å². The number of piperidine rings is 1. The number of amides is 2. The van der Waals surface area contributed by atoms with Gasteiger partial charge in [0.1, 0.15) is 0 Å². The minimum atomic E-state index is -0.742. The van der Waals surface area contributed by atoms with Gasteiger partial charge in [0.15, 0.2) is 0 Å². The molecule has 2 heterocycles. The van der Waals surface area contributed by atoms with Crippen LogP contribution in [0, 0.1) is 11.8 Å². The van der Waals surface area contributed by atoms with Gasteiger partial charge in [-0.15, -0.1) is 0 Å². The molecular formula is C15H24N2O3. The third-order valence-corrected chi connectivity index (χ3v) is 4.77. The highest BCUT2D eigenvalue weighted by atomic mass is 16.3. The first kappa shape index (κ1) is 13.9. The summed E-state index contributed by atoms with van der Waals surface area (Å²) in [6, 6.07) is 0. The molecule has 0 radical (unpaired) electrons. The van der Waals surface area contributed by atoms with Gasteiger partial charge in [0.25, 0.3) is 0 Å². The predicted octanol–water partition coefficient (Wildman–Crippen LogP) is 0.618. The third kappa shape index (κ3) is 2.82. The van der Waals surface area contributed by atoms with Crippen LogP contribution in [0.1, 0.15) is 39.0 Å². The SMILES string of the molecule is CC1(O)CCN(C(=O)C2CCCN(C(=O)C3CC3)C2)C1. The Morgan fingerprint density at radius 1 is 1.05 bits per heavy atom. The second-order valence-corrected chi connectivity index (χ2v) is 6.90. The highest BCUT2D eigenvalue weighted by molar-refractivity contribution is 5.83. The number of likely N-dealkylation sites (tertiary alicyclic amines) is 2. The van der Waals surface area contributed by atoms with Crippen LogP contribution in [0.15, 0.2) is 0 Å². The zero-order valence-corrected chi connectivity index (χ0v) is 12.2. The summed E-state index contributed by atoms with van der Waals surface area (Å²) in [5.74, 6) is 0.531. The van der Waals surface area contributed by atoms with E-state index < -0.39 is 5.60 Å². The lowest BCUT2D eigenvalue weighted by atomic mass is 9.96. The molecule has 3 aliphatic rings. The molecule has 0 spiro atoms. The molecule has 2 atom stereocenters. The van der Waals surface area contributed by atoms with Gasteiger partial charge < -0.3 is 14.9 Å². The molecule has 20 heavy (non-hydrogen) atoms. The van der Waals surface area contributed by atoms with E-state index in [1.54, 1.807) is 11.8 Å². The summed E-state index contributed by atoms with van der Waals surface area (Å²) in [5.41, 5.74) is -0.742. The zero-order chi connectivity index (χ0) is 14.3. The van der Waals surface area contributed by atoms with Gasteiger partial charge in [-0.3, -0.25) is 9.59 Å². The van der Waals surface area contributed by atoms with E-state index in [9.17, 15) is 14.7 Å². The van der Waals surface area contributed by atoms with Gasteiger partial charge in [-0.2, -0.15) is 0 Å². The summed E-state index contributed by atoms with van der Waals surface area (Å²) in [6.07, 6.45) is 4.47. The van der Waals surface area contributed by atoms with Gasteiger partial charge in [0.2, 0.25) is 11.8 Å². The van der Waals surface area contributed by atoms with Crippen molar-refractivity contribution in [2.24, 2.45) is 11.8 Å². The van der Waals surface area contributed by atoms with Gasteiger partial charge in [-0.05, 0) is 39.0 Å². The van der Waals surface area contributed by atoms with Crippen LogP contribution < -0.4 is 0 Å². The summed E-state index contributed by atoms with van der Waals surface area (Å²) in [5, 5.41) is 9.97. The van der Waals surface area contributed by atoms with Gasteiger partial charge in [0, 0.05) is 32.1 Å². The van der Waals surface area contributed by atoms with Crippen LogP contribution in [-0.4, -0.2) is 58.5 Å². The van der Waals surface area contributed by atoms with Gasteiger partial charge in [-0.1, -0.05) is 0 Å². The fraction of sp³-hybridized carbons (Fsp3) is 0.867. The van der Waals surface area contributed by atoms with Crippen molar-refractivity contribution in [2.45, 2.75) is 44.6 Å². The van der Waals surface area contributed by atoms with E-state index in [2.05, 4.69) is 0 Å². The van der Waals surface area contributed by atoms with Crippen molar-refractivity contribution >= 4 is 11.8 Å². The van der Waals surface area contributed by atoms with Crippen LogP contribution in [0.5, 0.6) is 0 Å². The third-order valence-electron chi connectivity index (χ3n) is 4.77. The first-order valence-electron chi connectivity index (χ1n) is 7.76. The molecule has 2 unspecified atom stereocenters. The minimum Gasteiger partial charge on any atom is -0.388 e. The molecule has 0 aromatic heterocycles. The Hall–Kier alpha value is -1.10. The first-order valence-corrected chi connectivity index (χ1v) is 7.76. The number of hydrogen-bond donors (Lipinski definition) is 1. The van der Waals surface area contributed by atoms with E-state index in [1.807, 2.05) is 4.90 Å². The average Bonchev–Trinajstić information content (AvgIpc) is 3.21. The smallest absolute Gasteiger partial charge is 0.227 e. The molecule has 0 aromatic rings. The Morgan fingerprint density at radius 3 is 2.35 bits per heavy atom. The molecule has 5 heteroatoms. The summed E-state index contributed by atoms with van der Waals surface area (Å²) in [6.45, 7) is 4.23. The Kier molecular flexibility index (Phi) is 3.48. The molecule has 1 aliphatic carbocycles. The molecule has 5 nitrogen and oxygen atoms in total. The monoisotopic (exact) mass is 280 g/mol. The van der Waals surface area contributed by atoms with Crippen LogP contribution in [0.25, 0.3) is 0 Å². The summed E-state index contributed by atoms with van der Waals surface area (Å²) in [4.78, 5) is 28.3. The largest absolute Gasteiger partial charge is 0.388 e. The molecule has 3 fully saturated rings. The number of aliphatic hydroxyl groups is 1. The van der Waals surface area contributed by atoms with Crippen molar-refractivity contribution in [1.29, 1.82) is 0 Å². The highest BCUT2D eigenvalue weighted by Crippen LogP contribution is 2.33. The van der Waals surface area contributed by atoms with E-state index >= 15 is 0 Å². The molecule has 2 aliphatic heterocycles. The van der Waals surface area contributed by atoms with Gasteiger partial charge in [0.05, 0.1) is 11.5 Å². The normalized spacial score (nSPS) is 34.4. The van der Waals surface area contributed by atoms with Crippen molar-refractivity contribution in [1.82, 2.24) is 9.80 Å². The van der Waals surface area contributed by atoms with E-state index in [-0.39, 0.29) is 23.7 Å². The molecule has 1 N–H and O–H groups in total. The quantitative estimate of drug-likeness (QED) is 0.806. The van der Waals surface area contributed by atoms with Crippen molar-refractivity contribution in [2.75, 3.05) is 26.2 Å². The maximum atomic E-state index is 12.5. The van der Waals surface area contributed by atoms with Crippen molar-refractivity contribution in [3.05, 3.63) is 0 Å². The van der Waals surface area contributed by atoms with Gasteiger partial charge >= 0.3 is 0 Å². The summed E-state index contributed by atoms with van der Waals surface area (Å²) >= 11 is 0. The molecule has 2 amide bonds. The molecule has 2 saturated heterocycles. The number of β-amino-alcohol motifs (C(OH)–C–C–N with tert-alkyl or cyclic N) is 1. The maximum Gasteiger partial charge on any atom is 0.227 e. The minimum absolute atomic E-state index is 0.0691. The Bertz CT molecular complexity index is 417. The van der Waals surface area contributed by atoms with E-state index in [0.717, 1.165) is 32.2 Å². The van der Waals surface area contributed by atoms with E-state index in [0.29, 0.717) is 26.1 Å². The van der Waals surface area contributed by atoms with E-state index in [1.165, 1.54) is 0 Å². The van der Waals surface area contributed by atoms with Crippen LogP contribution in [0.2, 0.25) is 0 Å². The fourth-order valence-electron chi connectivity index (χ4n) is 3.36. The van der Waals surface area contributed by atoms with Crippen LogP contribution in [-0.2, 0) is 9.59 Å². The number of carbonyl (C=O) groups excluding carboxylic acids is 2. The second kappa shape index (κ2) is 5.02. The number of nitrogens with zero attached hydrogens (tertiary/aromatic N) is 2. The number of hydrogen-bond acceptors (Lipinski definition) is 3. The lowest BCUT2D eigenvalue weighted by molar-refractivity contribution is -0.141. The summed E-state index contributed by atoms with van der Waals surface area (Å²) < 4.78 is 0. The standard InChI is InChI=1S/C15H24N2O3/c1-15(20)6-8-17(10-15)14(19)12-3-2-7-16(9-12)13(18)11-4-5-11/h11-12,20H,2-10H2,1H3. The molecule has 0 bridgehead atoms. The molecule has 112 valence electrons. The fourth-order valence-corrected chi connectivity index (χ4v) is 3.36. The molecule has 3 rings (SSSR count). The highest BCUT2D eigenvalue weighted by Gasteiger charge is 2.40. The Labute approximate surface area is 119 Å². The Balaban J connectivity index is 1.59. The number of carbonyl (C=O) groups is 2. The van der Waals surface area contributed by atoms with Crippen molar-refractivity contribution in [3.63, 3.8) is 0 Å². The van der Waals surface area contributed by atoms with Crippen LogP contribution in [0.4, 0.5) is 0 Å². The van der Waals surface area contributed by atoms with Gasteiger partial charge in [-0.25, -0.2) is 0 Å². The maximum absolute atomic E-state index is 12.5. The van der Waals surface area contributed by atoms with E-state index in [4.69, 9.17) is 0 Å². The molecular weight excluding hydrogens is 256 g/mol. The lowest BCUT2D eigenvalue weighted by Crippen LogP contribution is -2.47. The topological polar surface area (TPSA) is 60.9 Å². The van der Waals surface area contributed by atoms with Crippen molar-refractivity contribution in [3.8, 4) is 0 Å². The zero-order valence-electron chi connectivity index (χ0n) is 12.2. The van der Waals surface area contributed by atoms with Crippen LogP contribution in [0.3, 0.4) is 0 Å². The molecule has 0 aromatic carbocycles. The second-order valence-electron chi connectivity index (χ2n) is 6.90. The average molecular weight is 280 g/mol. The number of rotatable bonds is 2. The Morgan fingerprint density at radius 2 is 1.75 bits per heavy atom. The lowest BCUT2D eigenvalue weighted by Gasteiger charge is -2.34. The summed E-state index contributed by atoms with van der Waals surface area (Å²) in [7, 11) is 0. The predicted molar refractivity (Wildman–Crippen MR) is 73.8 cm³/mol. The van der Waals surface area contributed by atoms with Crippen molar-refractivity contribution < 1.29 is 14.7 Å².